The number of hydrogen-bond acceptors (Lipinski definition) is 3. The van der Waals surface area contributed by atoms with Gasteiger partial charge in [0.2, 0.25) is 0 Å². The number of dihydropyridines is 1. The maximum Gasteiger partial charge on any atom is 0.132 e. The molecule has 0 fully saturated rings. The molecular formula is C49H44N2O2. The van der Waals surface area contributed by atoms with Crippen molar-refractivity contribution in [3.63, 3.8) is 0 Å². The lowest BCUT2D eigenvalue weighted by molar-refractivity contribution is -0.0232. The van der Waals surface area contributed by atoms with Gasteiger partial charge in [-0.2, -0.15) is 0 Å². The van der Waals surface area contributed by atoms with E-state index < -0.39 is 0 Å². The molecule has 0 bridgehead atoms. The molecule has 0 saturated carbocycles. The van der Waals surface area contributed by atoms with Gasteiger partial charge in [-0.25, -0.2) is 0 Å². The van der Waals surface area contributed by atoms with Crippen molar-refractivity contribution >= 4 is 16.5 Å². The lowest BCUT2D eigenvalue weighted by Gasteiger charge is -2.57. The number of aromatic nitrogens is 1. The molecule has 0 amide bonds. The summed E-state index contributed by atoms with van der Waals surface area (Å²) in [5, 5.41) is 4.76. The lowest BCUT2D eigenvalue weighted by Crippen LogP contribution is -2.58. The SMILES string of the molecule is CC12CC=CCC1C1(C3=C(C=CCC3)Oc3cc(C4=CC=CNC4)ccc31)c1ccc(C3CCCc4c3c3ccccc3n4-c3ccccc3)cc1O2. The summed E-state index contributed by atoms with van der Waals surface area (Å²) in [4.78, 5) is 0. The van der Waals surface area contributed by atoms with Crippen molar-refractivity contribution in [2.45, 2.75) is 68.8 Å². The Kier molecular flexibility index (Phi) is 6.90. The molecule has 3 aliphatic heterocycles. The molecule has 1 spiro atoms. The van der Waals surface area contributed by atoms with Gasteiger partial charge in [-0.3, -0.25) is 0 Å². The summed E-state index contributed by atoms with van der Waals surface area (Å²) in [6, 6.07) is 34.3. The third-order valence-corrected chi connectivity index (χ3v) is 13.2. The van der Waals surface area contributed by atoms with E-state index in [1.54, 1.807) is 0 Å². The molecule has 11 rings (SSSR count). The Labute approximate surface area is 311 Å². The number of hydrogen-bond donors (Lipinski definition) is 1. The molecule has 4 atom stereocenters. The van der Waals surface area contributed by atoms with E-state index in [9.17, 15) is 0 Å². The van der Waals surface area contributed by atoms with Gasteiger partial charge in [0, 0.05) is 52.7 Å². The first-order chi connectivity index (χ1) is 26.1. The molecule has 4 heterocycles. The Morgan fingerprint density at radius 3 is 2.62 bits per heavy atom. The van der Waals surface area contributed by atoms with E-state index >= 15 is 0 Å². The summed E-state index contributed by atoms with van der Waals surface area (Å²) >= 11 is 0. The summed E-state index contributed by atoms with van der Waals surface area (Å²) in [5.74, 6) is 3.56. The average Bonchev–Trinajstić information content (AvgIpc) is 3.55. The minimum absolute atomic E-state index is 0.229. The van der Waals surface area contributed by atoms with Crippen molar-refractivity contribution in [1.82, 2.24) is 9.88 Å². The van der Waals surface area contributed by atoms with Crippen LogP contribution in [0.3, 0.4) is 0 Å². The molecule has 1 aromatic heterocycles. The van der Waals surface area contributed by atoms with Crippen LogP contribution in [0.15, 0.2) is 145 Å². The van der Waals surface area contributed by atoms with Crippen LogP contribution in [0.5, 0.6) is 11.5 Å². The lowest BCUT2D eigenvalue weighted by atomic mass is 9.51. The fourth-order valence-corrected chi connectivity index (χ4v) is 11.0. The van der Waals surface area contributed by atoms with Crippen LogP contribution in [0.25, 0.3) is 22.2 Å². The molecule has 4 nitrogen and oxygen atoms in total. The van der Waals surface area contributed by atoms with Crippen molar-refractivity contribution in [2.75, 3.05) is 6.54 Å². The topological polar surface area (TPSA) is 35.4 Å². The normalized spacial score (nSPS) is 26.4. The highest BCUT2D eigenvalue weighted by Crippen LogP contribution is 2.64. The van der Waals surface area contributed by atoms with Gasteiger partial charge in [0.05, 0.1) is 10.9 Å². The van der Waals surface area contributed by atoms with Crippen LogP contribution in [-0.4, -0.2) is 16.7 Å². The minimum Gasteiger partial charge on any atom is -0.487 e. The van der Waals surface area contributed by atoms with Crippen molar-refractivity contribution in [3.05, 3.63) is 178 Å². The molecule has 4 heteroatoms. The molecule has 3 aliphatic carbocycles. The first-order valence-corrected chi connectivity index (χ1v) is 19.6. The molecule has 0 radical (unpaired) electrons. The third-order valence-electron chi connectivity index (χ3n) is 13.2. The van der Waals surface area contributed by atoms with Gasteiger partial charge in [-0.1, -0.05) is 85.0 Å². The van der Waals surface area contributed by atoms with Gasteiger partial charge >= 0.3 is 0 Å². The second-order valence-corrected chi connectivity index (χ2v) is 16.0. The zero-order valence-electron chi connectivity index (χ0n) is 30.3. The van der Waals surface area contributed by atoms with E-state index in [1.165, 1.54) is 61.2 Å². The Bertz CT molecular complexity index is 2480. The van der Waals surface area contributed by atoms with Crippen LogP contribution in [-0.2, 0) is 11.8 Å². The molecule has 6 aliphatic rings. The molecule has 0 saturated heterocycles. The second kappa shape index (κ2) is 11.8. The number of ether oxygens (including phenoxy) is 2. The number of nitrogens with zero attached hydrogens (tertiary/aromatic N) is 1. The largest absolute Gasteiger partial charge is 0.487 e. The van der Waals surface area contributed by atoms with Crippen LogP contribution in [0.4, 0.5) is 0 Å². The van der Waals surface area contributed by atoms with Gasteiger partial charge in [-0.15, -0.1) is 0 Å². The fraction of sp³-hybridized carbons (Fsp3) is 0.265. The summed E-state index contributed by atoms with van der Waals surface area (Å²) in [7, 11) is 0. The third kappa shape index (κ3) is 4.48. The van der Waals surface area contributed by atoms with E-state index in [-0.39, 0.29) is 16.9 Å². The maximum absolute atomic E-state index is 7.38. The first kappa shape index (κ1) is 31.1. The number of allylic oxidation sites excluding steroid dienone is 6. The average molecular weight is 693 g/mol. The Hall–Kier alpha value is -5.48. The predicted octanol–water partition coefficient (Wildman–Crippen LogP) is 11.0. The van der Waals surface area contributed by atoms with Crippen molar-refractivity contribution < 1.29 is 9.47 Å². The summed E-state index contributed by atoms with van der Waals surface area (Å²) in [6.07, 6.45) is 22.8. The summed E-state index contributed by atoms with van der Waals surface area (Å²) in [6.45, 7) is 3.18. The van der Waals surface area contributed by atoms with E-state index in [4.69, 9.17) is 9.47 Å². The highest BCUT2D eigenvalue weighted by molar-refractivity contribution is 5.89. The van der Waals surface area contributed by atoms with Crippen LogP contribution in [0, 0.1) is 5.92 Å². The van der Waals surface area contributed by atoms with E-state index in [0.29, 0.717) is 5.92 Å². The Morgan fingerprint density at radius 1 is 0.849 bits per heavy atom. The molecule has 1 N–H and O–H groups in total. The van der Waals surface area contributed by atoms with E-state index in [1.807, 2.05) is 6.20 Å². The number of rotatable bonds is 3. The zero-order valence-corrected chi connectivity index (χ0v) is 30.3. The van der Waals surface area contributed by atoms with Gasteiger partial charge in [0.15, 0.2) is 0 Å². The van der Waals surface area contributed by atoms with Crippen molar-refractivity contribution in [1.29, 1.82) is 0 Å². The Morgan fingerprint density at radius 2 is 1.72 bits per heavy atom. The number of benzene rings is 4. The molecular weight excluding hydrogens is 649 g/mol. The van der Waals surface area contributed by atoms with Gasteiger partial charge in [0.1, 0.15) is 22.9 Å². The van der Waals surface area contributed by atoms with Crippen LogP contribution >= 0.6 is 0 Å². The van der Waals surface area contributed by atoms with Gasteiger partial charge in [-0.05, 0) is 122 Å². The van der Waals surface area contributed by atoms with Gasteiger partial charge < -0.3 is 19.4 Å². The molecule has 5 aromatic rings. The van der Waals surface area contributed by atoms with Crippen molar-refractivity contribution in [2.24, 2.45) is 5.92 Å². The smallest absolute Gasteiger partial charge is 0.132 e. The van der Waals surface area contributed by atoms with Gasteiger partial charge in [0.25, 0.3) is 0 Å². The van der Waals surface area contributed by atoms with Crippen LogP contribution < -0.4 is 14.8 Å². The second-order valence-electron chi connectivity index (χ2n) is 16.0. The van der Waals surface area contributed by atoms with Crippen LogP contribution in [0.1, 0.15) is 84.9 Å². The number of para-hydroxylation sites is 2. The molecule has 53 heavy (non-hydrogen) atoms. The predicted molar refractivity (Wildman–Crippen MR) is 214 cm³/mol. The maximum atomic E-state index is 7.38. The standard InChI is InChI=1S/C49H44N2O2/c1-48-27-10-9-22-46(48)49(38-18-6-8-21-43(38)52-44-29-32(23-25-39(44)49)34-13-12-28-50-31-34)40-26-24-33(30-45(40)53-48)36-17-11-20-42-47(36)37-16-5-7-19-41(37)51(42)35-14-3-2-4-15-35/h2-5,7-10,12-16,19,21,23-26,28-30,36,46,50H,6,11,17-18,20,22,27,31H2,1H3. The number of nitrogens with one attached hydrogen (secondary N) is 1. The monoisotopic (exact) mass is 692 g/mol. The van der Waals surface area contributed by atoms with Crippen LogP contribution in [0.2, 0.25) is 0 Å². The zero-order chi connectivity index (χ0) is 35.1. The highest BCUT2D eigenvalue weighted by atomic mass is 16.5. The van der Waals surface area contributed by atoms with E-state index in [2.05, 4.69) is 144 Å². The summed E-state index contributed by atoms with van der Waals surface area (Å²) < 4.78 is 16.8. The number of fused-ring (bicyclic) bond motifs is 10. The molecule has 4 unspecified atom stereocenters. The molecule has 4 aromatic carbocycles. The van der Waals surface area contributed by atoms with Crippen molar-refractivity contribution in [3.8, 4) is 17.2 Å². The molecule has 262 valence electrons. The minimum atomic E-state index is -0.366. The highest BCUT2D eigenvalue weighted by Gasteiger charge is 2.61. The Balaban J connectivity index is 1.12. The first-order valence-electron chi connectivity index (χ1n) is 19.6. The summed E-state index contributed by atoms with van der Waals surface area (Å²) in [5.41, 5.74) is 12.6. The fourth-order valence-electron chi connectivity index (χ4n) is 11.0. The van der Waals surface area contributed by atoms with E-state index in [0.717, 1.165) is 68.7 Å². The quantitative estimate of drug-likeness (QED) is 0.191.